The second kappa shape index (κ2) is 5.77. The van der Waals surface area contributed by atoms with Crippen molar-refractivity contribution in [3.8, 4) is 0 Å². The maximum Gasteiger partial charge on any atom is 0.225 e. The van der Waals surface area contributed by atoms with Gasteiger partial charge in [0.1, 0.15) is 0 Å². The average molecular weight is 332 g/mol. The van der Waals surface area contributed by atoms with Crippen LogP contribution in [0.4, 0.5) is 5.95 Å². The Balaban J connectivity index is 1.91. The van der Waals surface area contributed by atoms with Crippen LogP contribution < -0.4 is 4.90 Å². The van der Waals surface area contributed by atoms with E-state index in [-0.39, 0.29) is 0 Å². The highest BCUT2D eigenvalue weighted by Gasteiger charge is 2.17. The standard InChI is InChI=1S/C11H17IN4/c1-2-3-15-4-6-16(7-5-15)11-13-8-10(12)9-14-11/h8-9H,2-7H2,1H3. The van der Waals surface area contributed by atoms with Gasteiger partial charge in [0.2, 0.25) is 5.95 Å². The number of rotatable bonds is 3. The summed E-state index contributed by atoms with van der Waals surface area (Å²) in [4.78, 5) is 13.5. The molecule has 0 saturated carbocycles. The third-order valence-corrected chi connectivity index (χ3v) is 3.36. The van der Waals surface area contributed by atoms with Crippen LogP contribution in [0.5, 0.6) is 0 Å². The SMILES string of the molecule is CCCN1CCN(c2ncc(I)cn2)CC1. The molecule has 16 heavy (non-hydrogen) atoms. The lowest BCUT2D eigenvalue weighted by molar-refractivity contribution is 0.257. The molecule has 1 aromatic heterocycles. The zero-order chi connectivity index (χ0) is 11.4. The van der Waals surface area contributed by atoms with E-state index in [4.69, 9.17) is 0 Å². The van der Waals surface area contributed by atoms with Crippen molar-refractivity contribution in [2.24, 2.45) is 0 Å². The second-order valence-electron chi connectivity index (χ2n) is 4.03. The van der Waals surface area contributed by atoms with Gasteiger partial charge in [0, 0.05) is 42.1 Å². The summed E-state index contributed by atoms with van der Waals surface area (Å²) in [6.07, 6.45) is 4.99. The van der Waals surface area contributed by atoms with Gasteiger partial charge in [0.05, 0.1) is 0 Å². The molecule has 2 rings (SSSR count). The molecule has 1 aliphatic heterocycles. The molecule has 1 fully saturated rings. The van der Waals surface area contributed by atoms with Gasteiger partial charge < -0.3 is 4.90 Å². The van der Waals surface area contributed by atoms with Gasteiger partial charge >= 0.3 is 0 Å². The van der Waals surface area contributed by atoms with E-state index in [0.29, 0.717) is 0 Å². The number of nitrogens with zero attached hydrogens (tertiary/aromatic N) is 4. The van der Waals surface area contributed by atoms with Gasteiger partial charge in [0.15, 0.2) is 0 Å². The molecule has 0 spiro atoms. The molecule has 0 radical (unpaired) electrons. The second-order valence-corrected chi connectivity index (χ2v) is 5.28. The molecule has 4 nitrogen and oxygen atoms in total. The lowest BCUT2D eigenvalue weighted by Crippen LogP contribution is -2.47. The van der Waals surface area contributed by atoms with E-state index in [9.17, 15) is 0 Å². The Bertz CT molecular complexity index is 319. The Labute approximate surface area is 110 Å². The molecule has 2 heterocycles. The van der Waals surface area contributed by atoms with E-state index in [1.807, 2.05) is 12.4 Å². The maximum absolute atomic E-state index is 4.36. The van der Waals surface area contributed by atoms with Gasteiger partial charge in [-0.05, 0) is 35.6 Å². The van der Waals surface area contributed by atoms with E-state index >= 15 is 0 Å². The first kappa shape index (κ1) is 12.0. The Hall–Kier alpha value is -0.430. The topological polar surface area (TPSA) is 32.3 Å². The molecule has 1 aliphatic rings. The Morgan fingerprint density at radius 1 is 1.19 bits per heavy atom. The fourth-order valence-corrected chi connectivity index (χ4v) is 2.24. The van der Waals surface area contributed by atoms with E-state index in [1.165, 1.54) is 13.0 Å². The molecule has 1 saturated heterocycles. The van der Waals surface area contributed by atoms with Crippen molar-refractivity contribution in [2.75, 3.05) is 37.6 Å². The van der Waals surface area contributed by atoms with Crippen LogP contribution in [0, 0.1) is 3.57 Å². The molecule has 0 unspecified atom stereocenters. The molecule has 0 atom stereocenters. The first-order valence-corrected chi connectivity index (χ1v) is 6.82. The largest absolute Gasteiger partial charge is 0.338 e. The minimum absolute atomic E-state index is 0.872. The van der Waals surface area contributed by atoms with Crippen LogP contribution in [0.15, 0.2) is 12.4 Å². The predicted octanol–water partition coefficient (Wildman–Crippen LogP) is 1.61. The van der Waals surface area contributed by atoms with Crippen molar-refractivity contribution in [2.45, 2.75) is 13.3 Å². The zero-order valence-corrected chi connectivity index (χ0v) is 11.7. The summed E-state index contributed by atoms with van der Waals surface area (Å²) in [6.45, 7) is 7.78. The van der Waals surface area contributed by atoms with Gasteiger partial charge in [-0.2, -0.15) is 0 Å². The van der Waals surface area contributed by atoms with Crippen molar-refractivity contribution >= 4 is 28.5 Å². The fourth-order valence-electron chi connectivity index (χ4n) is 1.96. The zero-order valence-electron chi connectivity index (χ0n) is 9.56. The molecule has 0 aliphatic carbocycles. The van der Waals surface area contributed by atoms with Crippen molar-refractivity contribution in [3.05, 3.63) is 16.0 Å². The smallest absolute Gasteiger partial charge is 0.225 e. The number of aromatic nitrogens is 2. The molecule has 5 heteroatoms. The van der Waals surface area contributed by atoms with Crippen LogP contribution in [-0.2, 0) is 0 Å². The monoisotopic (exact) mass is 332 g/mol. The maximum atomic E-state index is 4.36. The fraction of sp³-hybridized carbons (Fsp3) is 0.636. The molecule has 0 aromatic carbocycles. The molecule has 88 valence electrons. The molecular weight excluding hydrogens is 315 g/mol. The van der Waals surface area contributed by atoms with Gasteiger partial charge in [-0.3, -0.25) is 4.90 Å². The molecular formula is C11H17IN4. The normalized spacial score (nSPS) is 17.8. The minimum Gasteiger partial charge on any atom is -0.338 e. The number of halogens is 1. The van der Waals surface area contributed by atoms with Crippen LogP contribution in [0.25, 0.3) is 0 Å². The minimum atomic E-state index is 0.872. The highest BCUT2D eigenvalue weighted by atomic mass is 127. The number of anilines is 1. The van der Waals surface area contributed by atoms with Gasteiger partial charge in [0.25, 0.3) is 0 Å². The summed E-state index contributed by atoms with van der Waals surface area (Å²) >= 11 is 2.23. The predicted molar refractivity (Wildman–Crippen MR) is 73.7 cm³/mol. The Kier molecular flexibility index (Phi) is 4.34. The number of piperazine rings is 1. The molecule has 0 bridgehead atoms. The average Bonchev–Trinajstić information content (AvgIpc) is 2.32. The van der Waals surface area contributed by atoms with Crippen molar-refractivity contribution < 1.29 is 0 Å². The number of hydrogen-bond donors (Lipinski definition) is 0. The lowest BCUT2D eigenvalue weighted by atomic mass is 10.3. The van der Waals surface area contributed by atoms with Crippen LogP contribution in [0.1, 0.15) is 13.3 Å². The lowest BCUT2D eigenvalue weighted by Gasteiger charge is -2.34. The summed E-state index contributed by atoms with van der Waals surface area (Å²) in [6, 6.07) is 0. The molecule has 0 N–H and O–H groups in total. The van der Waals surface area contributed by atoms with E-state index in [0.717, 1.165) is 35.7 Å². The summed E-state index contributed by atoms with van der Waals surface area (Å²) in [5.41, 5.74) is 0. The first-order chi connectivity index (χ1) is 7.79. The third kappa shape index (κ3) is 3.04. The van der Waals surface area contributed by atoms with Gasteiger partial charge in [-0.1, -0.05) is 6.92 Å². The van der Waals surface area contributed by atoms with Crippen LogP contribution in [-0.4, -0.2) is 47.6 Å². The Morgan fingerprint density at radius 2 is 1.81 bits per heavy atom. The van der Waals surface area contributed by atoms with E-state index < -0.39 is 0 Å². The Morgan fingerprint density at radius 3 is 2.38 bits per heavy atom. The molecule has 1 aromatic rings. The van der Waals surface area contributed by atoms with Crippen molar-refractivity contribution in [3.63, 3.8) is 0 Å². The van der Waals surface area contributed by atoms with Crippen LogP contribution >= 0.6 is 22.6 Å². The van der Waals surface area contributed by atoms with Crippen LogP contribution in [0.2, 0.25) is 0 Å². The van der Waals surface area contributed by atoms with Gasteiger partial charge in [-0.25, -0.2) is 9.97 Å². The van der Waals surface area contributed by atoms with E-state index in [1.54, 1.807) is 0 Å². The third-order valence-electron chi connectivity index (χ3n) is 2.80. The summed E-state index contributed by atoms with van der Waals surface area (Å²) in [5.74, 6) is 0.872. The summed E-state index contributed by atoms with van der Waals surface area (Å²) < 4.78 is 1.09. The van der Waals surface area contributed by atoms with E-state index in [2.05, 4.69) is 49.3 Å². The summed E-state index contributed by atoms with van der Waals surface area (Å²) in [7, 11) is 0. The summed E-state index contributed by atoms with van der Waals surface area (Å²) in [5, 5.41) is 0. The molecule has 0 amide bonds. The number of hydrogen-bond acceptors (Lipinski definition) is 4. The van der Waals surface area contributed by atoms with Crippen molar-refractivity contribution in [1.29, 1.82) is 0 Å². The highest BCUT2D eigenvalue weighted by molar-refractivity contribution is 14.1. The van der Waals surface area contributed by atoms with Gasteiger partial charge in [-0.15, -0.1) is 0 Å². The first-order valence-electron chi connectivity index (χ1n) is 5.74. The highest BCUT2D eigenvalue weighted by Crippen LogP contribution is 2.11. The quantitative estimate of drug-likeness (QED) is 0.788. The van der Waals surface area contributed by atoms with Crippen molar-refractivity contribution in [1.82, 2.24) is 14.9 Å². The van der Waals surface area contributed by atoms with Crippen LogP contribution in [0.3, 0.4) is 0 Å².